The Hall–Kier alpha value is -0.630. The predicted octanol–water partition coefficient (Wildman–Crippen LogP) is 3.32. The summed E-state index contributed by atoms with van der Waals surface area (Å²) >= 11 is 3.34. The van der Waals surface area contributed by atoms with Gasteiger partial charge in [-0.05, 0) is 29.3 Å². The van der Waals surface area contributed by atoms with Crippen molar-refractivity contribution in [1.82, 2.24) is 0 Å². The number of allylic oxidation sites excluding steroid dienone is 1. The first-order valence-corrected chi connectivity index (χ1v) is 4.19. The summed E-state index contributed by atoms with van der Waals surface area (Å²) in [7, 11) is 0. The molecule has 0 atom stereocenters. The fourth-order valence-electron chi connectivity index (χ4n) is 1.27. The zero-order chi connectivity index (χ0) is 7.84. The van der Waals surface area contributed by atoms with E-state index in [0.717, 1.165) is 15.6 Å². The molecule has 0 unspecified atom stereocenters. The number of fused-ring (bicyclic) bond motifs is 1. The van der Waals surface area contributed by atoms with Crippen molar-refractivity contribution >= 4 is 22.0 Å². The second-order valence-corrected chi connectivity index (χ2v) is 3.53. The van der Waals surface area contributed by atoms with Gasteiger partial charge in [-0.3, -0.25) is 0 Å². The molecule has 0 saturated carbocycles. The summed E-state index contributed by atoms with van der Waals surface area (Å²) in [6.07, 6.45) is 2.04. The van der Waals surface area contributed by atoms with Gasteiger partial charge in [0.1, 0.15) is 5.83 Å². The Morgan fingerprint density at radius 2 is 2.18 bits per heavy atom. The van der Waals surface area contributed by atoms with Gasteiger partial charge < -0.3 is 0 Å². The largest absolute Gasteiger partial charge is 0.211 e. The Labute approximate surface area is 72.9 Å². The molecule has 1 aliphatic rings. The van der Waals surface area contributed by atoms with Gasteiger partial charge in [0, 0.05) is 10.9 Å². The van der Waals surface area contributed by atoms with E-state index in [2.05, 4.69) is 15.9 Å². The standard InChI is InChI=1S/C9H6BrF/c10-8-2-1-6-4-9(11)5-7(6)3-8/h1-4H,5H2. The van der Waals surface area contributed by atoms with Crippen molar-refractivity contribution in [3.8, 4) is 0 Å². The second-order valence-electron chi connectivity index (χ2n) is 2.61. The lowest BCUT2D eigenvalue weighted by Crippen LogP contribution is -1.80. The minimum atomic E-state index is -0.0434. The van der Waals surface area contributed by atoms with E-state index in [9.17, 15) is 4.39 Å². The maximum absolute atomic E-state index is 12.7. The van der Waals surface area contributed by atoms with Crippen molar-refractivity contribution in [2.75, 3.05) is 0 Å². The van der Waals surface area contributed by atoms with Crippen molar-refractivity contribution in [3.05, 3.63) is 39.6 Å². The van der Waals surface area contributed by atoms with Crippen LogP contribution in [0.4, 0.5) is 4.39 Å². The van der Waals surface area contributed by atoms with Crippen molar-refractivity contribution in [2.45, 2.75) is 6.42 Å². The van der Waals surface area contributed by atoms with Crippen molar-refractivity contribution in [1.29, 1.82) is 0 Å². The minimum absolute atomic E-state index is 0.0434. The molecule has 11 heavy (non-hydrogen) atoms. The first kappa shape index (κ1) is 7.04. The normalized spacial score (nSPS) is 14.5. The summed E-state index contributed by atoms with van der Waals surface area (Å²) < 4.78 is 13.7. The molecule has 0 saturated heterocycles. The Morgan fingerprint density at radius 1 is 1.36 bits per heavy atom. The first-order valence-electron chi connectivity index (χ1n) is 3.40. The van der Waals surface area contributed by atoms with Gasteiger partial charge in [-0.15, -0.1) is 0 Å². The molecule has 0 aliphatic heterocycles. The third-order valence-corrected chi connectivity index (χ3v) is 2.27. The van der Waals surface area contributed by atoms with Crippen molar-refractivity contribution in [3.63, 3.8) is 0 Å². The highest BCUT2D eigenvalue weighted by Crippen LogP contribution is 2.27. The molecular formula is C9H6BrF. The van der Waals surface area contributed by atoms with E-state index in [4.69, 9.17) is 0 Å². The average Bonchev–Trinajstić information content (AvgIpc) is 2.27. The summed E-state index contributed by atoms with van der Waals surface area (Å²) in [5, 5.41) is 0. The molecule has 0 nitrogen and oxygen atoms in total. The van der Waals surface area contributed by atoms with Gasteiger partial charge in [-0.25, -0.2) is 4.39 Å². The van der Waals surface area contributed by atoms with E-state index in [-0.39, 0.29) is 5.83 Å². The summed E-state index contributed by atoms with van der Waals surface area (Å²) in [5.74, 6) is -0.0434. The highest BCUT2D eigenvalue weighted by molar-refractivity contribution is 9.10. The lowest BCUT2D eigenvalue weighted by atomic mass is 10.1. The topological polar surface area (TPSA) is 0 Å². The monoisotopic (exact) mass is 212 g/mol. The summed E-state index contributed by atoms with van der Waals surface area (Å²) in [6, 6.07) is 5.80. The van der Waals surface area contributed by atoms with Gasteiger partial charge in [0.2, 0.25) is 0 Å². The third-order valence-electron chi connectivity index (χ3n) is 1.78. The van der Waals surface area contributed by atoms with Gasteiger partial charge in [-0.2, -0.15) is 0 Å². The molecule has 0 heterocycles. The molecule has 2 rings (SSSR count). The molecule has 1 aliphatic carbocycles. The maximum atomic E-state index is 12.7. The smallest absolute Gasteiger partial charge is 0.105 e. The van der Waals surface area contributed by atoms with Crippen LogP contribution >= 0.6 is 15.9 Å². The zero-order valence-corrected chi connectivity index (χ0v) is 7.36. The Morgan fingerprint density at radius 3 is 3.00 bits per heavy atom. The summed E-state index contributed by atoms with van der Waals surface area (Å²) in [6.45, 7) is 0. The highest BCUT2D eigenvalue weighted by Gasteiger charge is 2.11. The van der Waals surface area contributed by atoms with Crippen LogP contribution in [0.1, 0.15) is 11.1 Å². The minimum Gasteiger partial charge on any atom is -0.211 e. The quantitative estimate of drug-likeness (QED) is 0.620. The molecule has 0 aromatic heterocycles. The molecule has 0 spiro atoms. The third kappa shape index (κ3) is 1.23. The first-order chi connectivity index (χ1) is 5.25. The maximum Gasteiger partial charge on any atom is 0.105 e. The lowest BCUT2D eigenvalue weighted by Gasteiger charge is -1.96. The van der Waals surface area contributed by atoms with Crippen molar-refractivity contribution < 1.29 is 4.39 Å². The molecule has 2 heteroatoms. The van der Waals surface area contributed by atoms with Crippen LogP contribution in [0.2, 0.25) is 0 Å². The SMILES string of the molecule is FC1=Cc2ccc(Br)cc2C1. The summed E-state index contributed by atoms with van der Waals surface area (Å²) in [4.78, 5) is 0. The number of hydrogen-bond donors (Lipinski definition) is 0. The Kier molecular flexibility index (Phi) is 1.57. The Balaban J connectivity index is 2.52. The van der Waals surface area contributed by atoms with Crippen LogP contribution in [0, 0.1) is 0 Å². The molecule has 0 amide bonds. The van der Waals surface area contributed by atoms with Crippen LogP contribution in [0.3, 0.4) is 0 Å². The highest BCUT2D eigenvalue weighted by atomic mass is 79.9. The number of hydrogen-bond acceptors (Lipinski definition) is 0. The molecule has 0 N–H and O–H groups in total. The fraction of sp³-hybridized carbons (Fsp3) is 0.111. The van der Waals surface area contributed by atoms with Crippen LogP contribution < -0.4 is 0 Å². The van der Waals surface area contributed by atoms with E-state index < -0.39 is 0 Å². The molecule has 0 fully saturated rings. The van der Waals surface area contributed by atoms with Crippen LogP contribution in [0.15, 0.2) is 28.5 Å². The van der Waals surface area contributed by atoms with E-state index in [1.807, 2.05) is 18.2 Å². The lowest BCUT2D eigenvalue weighted by molar-refractivity contribution is 0.627. The fourth-order valence-corrected chi connectivity index (χ4v) is 1.68. The molecule has 0 radical (unpaired) electrons. The van der Waals surface area contributed by atoms with Crippen LogP contribution in [-0.2, 0) is 6.42 Å². The van der Waals surface area contributed by atoms with Gasteiger partial charge in [0.15, 0.2) is 0 Å². The van der Waals surface area contributed by atoms with Gasteiger partial charge in [0.05, 0.1) is 0 Å². The predicted molar refractivity (Wildman–Crippen MR) is 46.9 cm³/mol. The second kappa shape index (κ2) is 2.45. The van der Waals surface area contributed by atoms with E-state index in [1.54, 1.807) is 6.08 Å². The van der Waals surface area contributed by atoms with Crippen LogP contribution in [-0.4, -0.2) is 0 Å². The van der Waals surface area contributed by atoms with E-state index in [1.165, 1.54) is 0 Å². The number of benzene rings is 1. The average molecular weight is 213 g/mol. The Bertz CT molecular complexity index is 328. The van der Waals surface area contributed by atoms with Gasteiger partial charge in [-0.1, -0.05) is 22.0 Å². The van der Waals surface area contributed by atoms with Crippen molar-refractivity contribution in [2.24, 2.45) is 0 Å². The molecule has 0 bridgehead atoms. The number of rotatable bonds is 0. The number of halogens is 2. The van der Waals surface area contributed by atoms with E-state index >= 15 is 0 Å². The van der Waals surface area contributed by atoms with Crippen LogP contribution in [0.25, 0.3) is 6.08 Å². The zero-order valence-electron chi connectivity index (χ0n) is 5.77. The van der Waals surface area contributed by atoms with Gasteiger partial charge >= 0.3 is 0 Å². The van der Waals surface area contributed by atoms with Gasteiger partial charge in [0.25, 0.3) is 0 Å². The molecule has 1 aromatic carbocycles. The molecular weight excluding hydrogens is 207 g/mol. The molecule has 56 valence electrons. The van der Waals surface area contributed by atoms with Crippen LogP contribution in [0.5, 0.6) is 0 Å². The summed E-state index contributed by atoms with van der Waals surface area (Å²) in [5.41, 5.74) is 2.07. The molecule has 1 aromatic rings. The van der Waals surface area contributed by atoms with E-state index in [0.29, 0.717) is 6.42 Å².